The van der Waals surface area contributed by atoms with Crippen LogP contribution in [0.15, 0.2) is 0 Å². The van der Waals surface area contributed by atoms with Crippen LogP contribution in [0.2, 0.25) is 0 Å². The van der Waals surface area contributed by atoms with Gasteiger partial charge in [-0.05, 0) is 18.3 Å². The second-order valence-corrected chi connectivity index (χ2v) is 5.43. The lowest BCUT2D eigenvalue weighted by Crippen LogP contribution is -2.77. The molecule has 1 atom stereocenters. The summed E-state index contributed by atoms with van der Waals surface area (Å²) in [5, 5.41) is 13.5. The molecule has 0 aliphatic carbocycles. The van der Waals surface area contributed by atoms with E-state index in [0.717, 1.165) is 6.42 Å². The quantitative estimate of drug-likeness (QED) is 0.627. The summed E-state index contributed by atoms with van der Waals surface area (Å²) in [6.07, 6.45) is 0.878. The van der Waals surface area contributed by atoms with E-state index in [-0.39, 0.29) is 0 Å². The molecule has 0 radical (unpaired) electrons. The van der Waals surface area contributed by atoms with Crippen molar-refractivity contribution in [2.45, 2.75) is 45.3 Å². The van der Waals surface area contributed by atoms with Gasteiger partial charge in [0.1, 0.15) is 5.60 Å². The van der Waals surface area contributed by atoms with E-state index < -0.39 is 11.1 Å². The van der Waals surface area contributed by atoms with E-state index in [1.54, 1.807) is 0 Å². The molecule has 1 saturated heterocycles. The molecule has 84 valence electrons. The Bertz CT molecular complexity index is 199. The highest BCUT2D eigenvalue weighted by Crippen LogP contribution is 2.35. The molecule has 3 nitrogen and oxygen atoms in total. The van der Waals surface area contributed by atoms with E-state index in [9.17, 15) is 5.11 Å². The number of rotatable bonds is 4. The van der Waals surface area contributed by atoms with Crippen molar-refractivity contribution < 1.29 is 5.11 Å². The second kappa shape index (κ2) is 3.80. The van der Waals surface area contributed by atoms with Gasteiger partial charge in [0.2, 0.25) is 0 Å². The number of aliphatic hydroxyl groups is 1. The van der Waals surface area contributed by atoms with E-state index in [1.165, 1.54) is 0 Å². The average molecular weight is 200 g/mol. The van der Waals surface area contributed by atoms with Crippen molar-refractivity contribution >= 4 is 0 Å². The van der Waals surface area contributed by atoms with Gasteiger partial charge >= 0.3 is 0 Å². The van der Waals surface area contributed by atoms with Crippen molar-refractivity contribution in [1.82, 2.24) is 5.32 Å². The molecular formula is C11H24N2O. The Kier molecular flexibility index (Phi) is 3.24. The van der Waals surface area contributed by atoms with Crippen LogP contribution in [0.3, 0.4) is 0 Å². The molecule has 0 bridgehead atoms. The normalized spacial score (nSPS) is 24.9. The third-order valence-corrected chi connectivity index (χ3v) is 3.48. The molecule has 0 saturated carbocycles. The summed E-state index contributed by atoms with van der Waals surface area (Å²) in [5.74, 6) is 0.823. The first-order chi connectivity index (χ1) is 6.32. The third-order valence-electron chi connectivity index (χ3n) is 3.48. The minimum Gasteiger partial charge on any atom is -0.385 e. The van der Waals surface area contributed by atoms with Gasteiger partial charge in [-0.1, -0.05) is 27.7 Å². The SMILES string of the molecule is CC(C)CC(N)(C(C)C)C1(O)CNC1. The molecular weight excluding hydrogens is 176 g/mol. The second-order valence-electron chi connectivity index (χ2n) is 5.43. The molecule has 1 fully saturated rings. The summed E-state index contributed by atoms with van der Waals surface area (Å²) in [6, 6.07) is 0. The Labute approximate surface area is 87.1 Å². The lowest BCUT2D eigenvalue weighted by atomic mass is 9.66. The highest BCUT2D eigenvalue weighted by atomic mass is 16.3. The minimum absolute atomic E-state index is 0.303. The van der Waals surface area contributed by atoms with Crippen molar-refractivity contribution in [2.75, 3.05) is 13.1 Å². The van der Waals surface area contributed by atoms with Gasteiger partial charge < -0.3 is 16.2 Å². The van der Waals surface area contributed by atoms with Crippen molar-refractivity contribution in [3.63, 3.8) is 0 Å². The largest absolute Gasteiger partial charge is 0.385 e. The summed E-state index contributed by atoms with van der Waals surface area (Å²) in [4.78, 5) is 0. The van der Waals surface area contributed by atoms with Crippen LogP contribution in [0.1, 0.15) is 34.1 Å². The Morgan fingerprint density at radius 2 is 1.86 bits per heavy atom. The molecule has 4 N–H and O–H groups in total. The maximum Gasteiger partial charge on any atom is 0.108 e. The van der Waals surface area contributed by atoms with Gasteiger partial charge in [-0.3, -0.25) is 0 Å². The minimum atomic E-state index is -0.703. The number of hydrogen-bond acceptors (Lipinski definition) is 3. The lowest BCUT2D eigenvalue weighted by molar-refractivity contribution is -0.100. The zero-order chi connectivity index (χ0) is 11.0. The number of nitrogens with one attached hydrogen (secondary N) is 1. The predicted molar refractivity (Wildman–Crippen MR) is 59.0 cm³/mol. The van der Waals surface area contributed by atoms with Gasteiger partial charge in [0.05, 0.1) is 0 Å². The highest BCUT2D eigenvalue weighted by Gasteiger charge is 2.53. The first-order valence-corrected chi connectivity index (χ1v) is 5.54. The van der Waals surface area contributed by atoms with Gasteiger partial charge in [-0.2, -0.15) is 0 Å². The predicted octanol–water partition coefficient (Wildman–Crippen LogP) is 0.720. The Hall–Kier alpha value is -0.120. The molecule has 3 heteroatoms. The van der Waals surface area contributed by atoms with Crippen LogP contribution in [-0.2, 0) is 0 Å². The van der Waals surface area contributed by atoms with Crippen LogP contribution in [0, 0.1) is 11.8 Å². The van der Waals surface area contributed by atoms with Crippen LogP contribution in [0.25, 0.3) is 0 Å². The summed E-state index contributed by atoms with van der Waals surface area (Å²) in [7, 11) is 0. The summed E-state index contributed by atoms with van der Waals surface area (Å²) in [5.41, 5.74) is 5.24. The molecule has 1 aliphatic heterocycles. The van der Waals surface area contributed by atoms with Crippen molar-refractivity contribution in [1.29, 1.82) is 0 Å². The molecule has 0 aromatic carbocycles. The van der Waals surface area contributed by atoms with E-state index in [1.807, 2.05) is 0 Å². The first kappa shape index (κ1) is 12.0. The summed E-state index contributed by atoms with van der Waals surface area (Å²) < 4.78 is 0. The molecule has 0 amide bonds. The smallest absolute Gasteiger partial charge is 0.108 e. The van der Waals surface area contributed by atoms with E-state index in [4.69, 9.17) is 5.73 Å². The molecule has 0 aromatic rings. The first-order valence-electron chi connectivity index (χ1n) is 5.54. The van der Waals surface area contributed by atoms with Crippen LogP contribution in [-0.4, -0.2) is 29.3 Å². The number of nitrogens with two attached hydrogens (primary N) is 1. The van der Waals surface area contributed by atoms with Gasteiger partial charge in [0.25, 0.3) is 0 Å². The zero-order valence-corrected chi connectivity index (χ0v) is 9.80. The maximum atomic E-state index is 10.4. The van der Waals surface area contributed by atoms with Gasteiger partial charge in [0, 0.05) is 18.6 Å². The van der Waals surface area contributed by atoms with E-state index >= 15 is 0 Å². The summed E-state index contributed by atoms with van der Waals surface area (Å²) >= 11 is 0. The monoisotopic (exact) mass is 200 g/mol. The van der Waals surface area contributed by atoms with Crippen LogP contribution < -0.4 is 11.1 Å². The Morgan fingerprint density at radius 3 is 2.07 bits per heavy atom. The zero-order valence-electron chi connectivity index (χ0n) is 9.80. The van der Waals surface area contributed by atoms with Gasteiger partial charge in [-0.25, -0.2) is 0 Å². The van der Waals surface area contributed by atoms with Crippen LogP contribution in [0.4, 0.5) is 0 Å². The standard InChI is InChI=1S/C11H24N2O/c1-8(2)5-11(12,9(3)4)10(14)6-13-7-10/h8-9,13-14H,5-7,12H2,1-4H3. The lowest BCUT2D eigenvalue weighted by Gasteiger charge is -2.53. The fourth-order valence-corrected chi connectivity index (χ4v) is 2.33. The molecule has 1 unspecified atom stereocenters. The molecule has 1 heterocycles. The Balaban J connectivity index is 2.80. The third kappa shape index (κ3) is 1.81. The fraction of sp³-hybridized carbons (Fsp3) is 1.00. The van der Waals surface area contributed by atoms with Gasteiger partial charge in [0.15, 0.2) is 0 Å². The topological polar surface area (TPSA) is 58.3 Å². The van der Waals surface area contributed by atoms with E-state index in [0.29, 0.717) is 24.9 Å². The van der Waals surface area contributed by atoms with Crippen LogP contribution in [0.5, 0.6) is 0 Å². The van der Waals surface area contributed by atoms with E-state index in [2.05, 4.69) is 33.0 Å². The molecule has 1 rings (SSSR count). The summed E-state index contributed by atoms with van der Waals surface area (Å²) in [6.45, 7) is 9.76. The van der Waals surface area contributed by atoms with Crippen molar-refractivity contribution in [2.24, 2.45) is 17.6 Å². The highest BCUT2D eigenvalue weighted by molar-refractivity contribution is 5.12. The van der Waals surface area contributed by atoms with Crippen LogP contribution >= 0.6 is 0 Å². The maximum absolute atomic E-state index is 10.4. The van der Waals surface area contributed by atoms with Gasteiger partial charge in [-0.15, -0.1) is 0 Å². The van der Waals surface area contributed by atoms with Crippen molar-refractivity contribution in [3.05, 3.63) is 0 Å². The molecule has 14 heavy (non-hydrogen) atoms. The Morgan fingerprint density at radius 1 is 1.36 bits per heavy atom. The molecule has 1 aliphatic rings. The fourth-order valence-electron chi connectivity index (χ4n) is 2.33. The van der Waals surface area contributed by atoms with Crippen molar-refractivity contribution in [3.8, 4) is 0 Å². The average Bonchev–Trinajstić information content (AvgIpc) is 1.98. The number of hydrogen-bond donors (Lipinski definition) is 3. The molecule has 0 aromatic heterocycles. The number of β-amino-alcohol motifs (C(OH)–C–C–N with tert-alkyl or cyclic N) is 1. The molecule has 0 spiro atoms.